The fourth-order valence-corrected chi connectivity index (χ4v) is 5.00. The maximum absolute atomic E-state index is 13.5. The van der Waals surface area contributed by atoms with E-state index in [4.69, 9.17) is 9.15 Å². The Kier molecular flexibility index (Phi) is 6.64. The Morgan fingerprint density at radius 2 is 1.93 bits per heavy atom. The van der Waals surface area contributed by atoms with Crippen molar-refractivity contribution in [2.24, 2.45) is 0 Å². The number of ketones is 1. The number of H-pyrrole nitrogens is 1. The van der Waals surface area contributed by atoms with Crippen molar-refractivity contribution in [3.8, 4) is 11.6 Å². The van der Waals surface area contributed by atoms with Crippen LogP contribution in [-0.2, 0) is 11.2 Å². The average molecular weight is 539 g/mol. The number of rotatable bonds is 7. The predicted octanol–water partition coefficient (Wildman–Crippen LogP) is 3.40. The number of methoxy groups -OCH3 is 1. The summed E-state index contributed by atoms with van der Waals surface area (Å²) in [5.74, 6) is 0.649. The quantitative estimate of drug-likeness (QED) is 0.243. The van der Waals surface area contributed by atoms with Crippen molar-refractivity contribution in [3.05, 3.63) is 83.6 Å². The molecule has 1 amide bonds. The van der Waals surface area contributed by atoms with Gasteiger partial charge < -0.3 is 19.0 Å². The topological polar surface area (TPSA) is 145 Å². The normalized spacial score (nSPS) is 13.6. The molecule has 4 aromatic heterocycles. The van der Waals surface area contributed by atoms with Gasteiger partial charge in [-0.05, 0) is 18.4 Å². The van der Waals surface area contributed by atoms with Crippen LogP contribution in [0.25, 0.3) is 22.3 Å². The van der Waals surface area contributed by atoms with E-state index in [2.05, 4.69) is 30.5 Å². The molecule has 1 N–H and O–H groups in total. The molecule has 1 aliphatic heterocycles. The molecule has 0 atom stereocenters. The summed E-state index contributed by atoms with van der Waals surface area (Å²) in [6.07, 6.45) is 7.97. The molecule has 6 rings (SSSR count). The first-order valence-electron chi connectivity index (χ1n) is 12.9. The third-order valence-electron chi connectivity index (χ3n) is 7.01. The van der Waals surface area contributed by atoms with Crippen LogP contribution >= 0.6 is 0 Å². The molecule has 12 nitrogen and oxygen atoms in total. The van der Waals surface area contributed by atoms with Crippen molar-refractivity contribution < 1.29 is 18.7 Å². The zero-order chi connectivity index (χ0) is 27.6. The Morgan fingerprint density at radius 3 is 2.60 bits per heavy atom. The Bertz CT molecular complexity index is 1710. The highest BCUT2D eigenvalue weighted by Gasteiger charge is 2.31. The van der Waals surface area contributed by atoms with Crippen LogP contribution in [0.1, 0.15) is 47.5 Å². The zero-order valence-electron chi connectivity index (χ0n) is 22.0. The van der Waals surface area contributed by atoms with Gasteiger partial charge in [-0.3, -0.25) is 9.59 Å². The number of Topliss-reactive ketones (excluding diaryl/α,β-unsaturated/α-hetero) is 1. The third-order valence-corrected chi connectivity index (χ3v) is 7.01. The monoisotopic (exact) mass is 538 g/mol. The molecule has 0 bridgehead atoms. The van der Waals surface area contributed by atoms with Gasteiger partial charge in [-0.1, -0.05) is 48.0 Å². The van der Waals surface area contributed by atoms with Gasteiger partial charge in [0, 0.05) is 31.3 Å². The van der Waals surface area contributed by atoms with Crippen LogP contribution in [0.5, 0.6) is 5.75 Å². The number of aryl methyl sites for hydroxylation is 1. The SMILES string of the molecule is CCc1nnc(C(=C2CCN(C(=O)C(=O)c3c[nH]c4c(-n5ccnn5)ncc(OC)c34)CC2)c2ccccc2)o1. The van der Waals surface area contributed by atoms with Gasteiger partial charge in [0.2, 0.25) is 11.8 Å². The molecule has 5 heterocycles. The van der Waals surface area contributed by atoms with Gasteiger partial charge in [0.25, 0.3) is 11.7 Å². The van der Waals surface area contributed by atoms with E-state index in [0.717, 1.165) is 16.7 Å². The maximum atomic E-state index is 13.5. The molecule has 0 radical (unpaired) electrons. The number of ether oxygens (including phenoxy) is 1. The Balaban J connectivity index is 1.28. The fourth-order valence-electron chi connectivity index (χ4n) is 5.00. The molecule has 0 saturated carbocycles. The van der Waals surface area contributed by atoms with E-state index >= 15 is 0 Å². The molecule has 5 aromatic rings. The minimum absolute atomic E-state index is 0.213. The molecule has 12 heteroatoms. The number of amides is 1. The second-order valence-electron chi connectivity index (χ2n) is 9.27. The van der Waals surface area contributed by atoms with Gasteiger partial charge in [0.1, 0.15) is 5.75 Å². The van der Waals surface area contributed by atoms with E-state index in [9.17, 15) is 9.59 Å². The summed E-state index contributed by atoms with van der Waals surface area (Å²) in [5.41, 5.74) is 3.70. The summed E-state index contributed by atoms with van der Waals surface area (Å²) < 4.78 is 12.9. The van der Waals surface area contributed by atoms with E-state index in [0.29, 0.717) is 66.6 Å². The Hall–Kier alpha value is -5.13. The van der Waals surface area contributed by atoms with Crippen molar-refractivity contribution in [3.63, 3.8) is 0 Å². The number of likely N-dealkylation sites (tertiary alicyclic amines) is 1. The van der Waals surface area contributed by atoms with Gasteiger partial charge >= 0.3 is 0 Å². The highest BCUT2D eigenvalue weighted by atomic mass is 16.5. The molecule has 1 aromatic carbocycles. The lowest BCUT2D eigenvalue weighted by atomic mass is 9.92. The van der Waals surface area contributed by atoms with Gasteiger partial charge in [0.15, 0.2) is 5.82 Å². The number of hydrogen-bond acceptors (Lipinski definition) is 9. The molecule has 0 aliphatic carbocycles. The number of pyridine rings is 1. The standard InChI is InChI=1S/C28H26N8O4/c1-3-21-32-33-27(40-21)22(17-7-5-4-6-8-17)18-9-12-35(13-10-18)28(38)25(37)19-15-29-24-23(19)20(39-2)16-30-26(24)36-14-11-31-34-36/h4-8,11,14-16,29H,3,9-10,12-13H2,1-2H3. The number of benzene rings is 1. The summed E-state index contributed by atoms with van der Waals surface area (Å²) in [6, 6.07) is 9.89. The minimum Gasteiger partial charge on any atom is -0.494 e. The summed E-state index contributed by atoms with van der Waals surface area (Å²) in [4.78, 5) is 36.0. The largest absolute Gasteiger partial charge is 0.494 e. The number of nitrogens with one attached hydrogen (secondary N) is 1. The number of carbonyl (C=O) groups is 2. The number of carbonyl (C=O) groups excluding carboxylic acids is 2. The summed E-state index contributed by atoms with van der Waals surface area (Å²) in [6.45, 7) is 2.73. The first-order chi connectivity index (χ1) is 19.6. The van der Waals surface area contributed by atoms with Gasteiger partial charge in [0.05, 0.1) is 42.2 Å². The molecular weight excluding hydrogens is 512 g/mol. The van der Waals surface area contributed by atoms with Crippen LogP contribution in [0.3, 0.4) is 0 Å². The van der Waals surface area contributed by atoms with Crippen LogP contribution in [0, 0.1) is 0 Å². The van der Waals surface area contributed by atoms with Gasteiger partial charge in [-0.2, -0.15) is 0 Å². The molecule has 0 spiro atoms. The van der Waals surface area contributed by atoms with E-state index in [-0.39, 0.29) is 5.56 Å². The lowest BCUT2D eigenvalue weighted by Gasteiger charge is -2.29. The second-order valence-corrected chi connectivity index (χ2v) is 9.27. The summed E-state index contributed by atoms with van der Waals surface area (Å²) in [7, 11) is 1.49. The van der Waals surface area contributed by atoms with Crippen LogP contribution in [0.4, 0.5) is 0 Å². The lowest BCUT2D eigenvalue weighted by molar-refractivity contribution is -0.126. The van der Waals surface area contributed by atoms with E-state index in [1.54, 1.807) is 11.1 Å². The molecule has 0 unspecified atom stereocenters. The average Bonchev–Trinajstić information content (AvgIpc) is 3.79. The van der Waals surface area contributed by atoms with Gasteiger partial charge in [-0.25, -0.2) is 9.67 Å². The highest BCUT2D eigenvalue weighted by Crippen LogP contribution is 2.34. The van der Waals surface area contributed by atoms with Crippen LogP contribution in [0.2, 0.25) is 0 Å². The van der Waals surface area contributed by atoms with E-state index < -0.39 is 11.7 Å². The first kappa shape index (κ1) is 25.2. The zero-order valence-corrected chi connectivity index (χ0v) is 22.0. The van der Waals surface area contributed by atoms with Crippen molar-refractivity contribution in [2.75, 3.05) is 20.2 Å². The lowest BCUT2D eigenvalue weighted by Crippen LogP contribution is -2.40. The second kappa shape index (κ2) is 10.6. The molecule has 40 heavy (non-hydrogen) atoms. The van der Waals surface area contributed by atoms with Crippen molar-refractivity contribution in [1.82, 2.24) is 40.1 Å². The number of fused-ring (bicyclic) bond motifs is 1. The van der Waals surface area contributed by atoms with Crippen LogP contribution in [-0.4, -0.2) is 71.9 Å². The molecule has 1 fully saturated rings. The van der Waals surface area contributed by atoms with E-state index in [1.807, 2.05) is 37.3 Å². The number of aromatic amines is 1. The maximum Gasteiger partial charge on any atom is 0.295 e. The molecular formula is C28H26N8O4. The number of hydrogen-bond donors (Lipinski definition) is 1. The van der Waals surface area contributed by atoms with E-state index in [1.165, 1.54) is 30.4 Å². The van der Waals surface area contributed by atoms with Crippen molar-refractivity contribution >= 4 is 28.2 Å². The van der Waals surface area contributed by atoms with Crippen molar-refractivity contribution in [2.45, 2.75) is 26.2 Å². The summed E-state index contributed by atoms with van der Waals surface area (Å²) in [5, 5.41) is 16.7. The van der Waals surface area contributed by atoms with Crippen molar-refractivity contribution in [1.29, 1.82) is 0 Å². The number of nitrogens with zero attached hydrogens (tertiary/aromatic N) is 7. The first-order valence-corrected chi connectivity index (χ1v) is 12.9. The molecule has 202 valence electrons. The number of aromatic nitrogens is 7. The third kappa shape index (κ3) is 4.42. The Morgan fingerprint density at radius 1 is 1.12 bits per heavy atom. The summed E-state index contributed by atoms with van der Waals surface area (Å²) >= 11 is 0. The smallest absolute Gasteiger partial charge is 0.295 e. The fraction of sp³-hybridized carbons (Fsp3) is 0.250. The predicted molar refractivity (Wildman–Crippen MR) is 144 cm³/mol. The molecule has 1 aliphatic rings. The number of piperidine rings is 1. The highest BCUT2D eigenvalue weighted by molar-refractivity contribution is 6.45. The van der Waals surface area contributed by atoms with Crippen LogP contribution in [0.15, 0.2) is 65.1 Å². The Labute approximate surface area is 228 Å². The molecule has 1 saturated heterocycles. The van der Waals surface area contributed by atoms with Crippen LogP contribution < -0.4 is 4.74 Å². The van der Waals surface area contributed by atoms with Gasteiger partial charge in [-0.15, -0.1) is 15.3 Å². The minimum atomic E-state index is -0.625.